The summed E-state index contributed by atoms with van der Waals surface area (Å²) in [6.07, 6.45) is -9.49. The van der Waals surface area contributed by atoms with E-state index < -0.39 is 53.7 Å². The van der Waals surface area contributed by atoms with E-state index in [1.54, 1.807) is 53.7 Å². The highest BCUT2D eigenvalue weighted by molar-refractivity contribution is 6.14. The van der Waals surface area contributed by atoms with E-state index >= 15 is 0 Å². The van der Waals surface area contributed by atoms with Crippen LogP contribution in [0.4, 0.5) is 38.7 Å². The molecule has 2 aromatic carbocycles. The molecule has 1 atom stereocenters. The van der Waals surface area contributed by atoms with Gasteiger partial charge < -0.3 is 24.3 Å². The number of imide groups is 1. The largest absolute Gasteiger partial charge is 0.467 e. The smallest absolute Gasteiger partial charge is 0.461 e. The minimum absolute atomic E-state index is 0.0770. The van der Waals surface area contributed by atoms with Gasteiger partial charge in [0.15, 0.2) is 11.9 Å². The number of carbonyl (C=O) groups excluding carboxylic acids is 3. The molecule has 238 valence electrons. The van der Waals surface area contributed by atoms with E-state index in [0.29, 0.717) is 21.4 Å². The number of rotatable bonds is 8. The van der Waals surface area contributed by atoms with Crippen LogP contribution in [0.1, 0.15) is 53.1 Å². The van der Waals surface area contributed by atoms with Crippen molar-refractivity contribution < 1.29 is 50.9 Å². The number of ether oxygens (including phenoxy) is 4. The first-order valence-electron chi connectivity index (χ1n) is 13.3. The van der Waals surface area contributed by atoms with Gasteiger partial charge in [-0.3, -0.25) is 0 Å². The molecule has 1 N–H and O–H groups in total. The zero-order chi connectivity index (χ0) is 33.0. The first kappa shape index (κ1) is 33.9. The van der Waals surface area contributed by atoms with Crippen LogP contribution in [0.15, 0.2) is 54.7 Å². The van der Waals surface area contributed by atoms with Crippen LogP contribution in [0.2, 0.25) is 0 Å². The van der Waals surface area contributed by atoms with Gasteiger partial charge in [0.1, 0.15) is 17.0 Å². The summed E-state index contributed by atoms with van der Waals surface area (Å²) in [5.74, 6) is -1.49. The molecule has 10 nitrogen and oxygen atoms in total. The van der Waals surface area contributed by atoms with E-state index in [0.717, 1.165) is 19.2 Å². The third-order valence-corrected chi connectivity index (χ3v) is 5.55. The van der Waals surface area contributed by atoms with Gasteiger partial charge in [-0.15, -0.1) is 0 Å². The van der Waals surface area contributed by atoms with E-state index in [2.05, 4.69) is 15.0 Å². The highest BCUT2D eigenvalue weighted by Crippen LogP contribution is 2.33. The molecule has 0 bridgehead atoms. The Bertz CT molecular complexity index is 1490. The molecule has 0 radical (unpaired) electrons. The van der Waals surface area contributed by atoms with E-state index in [1.807, 2.05) is 0 Å². The highest BCUT2D eigenvalue weighted by Gasteiger charge is 2.44. The summed E-state index contributed by atoms with van der Waals surface area (Å²) in [6, 6.07) is 9.62. The van der Waals surface area contributed by atoms with Gasteiger partial charge in [-0.05, 0) is 88.9 Å². The number of fused-ring (bicyclic) bond motifs is 1. The standard InChI is InChI=1S/C30H33F4N3O7/c1-28(2,3)43-26(39)37(27(40)44-29(4,5)6)23-21-12-11-19(15-17(21)13-14-35-23)36-22(24(38)41-7)18-9-8-10-20(16-18)42-30(33,34)25(31)32/h8-16,22,25,36H,1-7H3. The quantitative estimate of drug-likeness (QED) is 0.155. The average molecular weight is 624 g/mol. The molecule has 14 heteroatoms. The molecular formula is C30H33F4N3O7. The number of pyridine rings is 1. The maximum absolute atomic E-state index is 13.5. The van der Waals surface area contributed by atoms with Crippen LogP contribution in [-0.4, -0.2) is 54.0 Å². The topological polar surface area (TPSA) is 116 Å². The van der Waals surface area contributed by atoms with Gasteiger partial charge in [0.2, 0.25) is 0 Å². The van der Waals surface area contributed by atoms with Crippen LogP contribution in [-0.2, 0) is 19.0 Å². The number of methoxy groups -OCH3 is 1. The molecule has 3 aromatic rings. The third-order valence-electron chi connectivity index (χ3n) is 5.55. The lowest BCUT2D eigenvalue weighted by molar-refractivity contribution is -0.253. The van der Waals surface area contributed by atoms with Crippen molar-refractivity contribution in [3.8, 4) is 5.75 Å². The third kappa shape index (κ3) is 8.71. The lowest BCUT2D eigenvalue weighted by atomic mass is 10.1. The Morgan fingerprint density at radius 1 is 0.886 bits per heavy atom. The van der Waals surface area contributed by atoms with Crippen molar-refractivity contribution in [3.63, 3.8) is 0 Å². The van der Waals surface area contributed by atoms with Gasteiger partial charge in [-0.1, -0.05) is 12.1 Å². The summed E-state index contributed by atoms with van der Waals surface area (Å²) in [4.78, 5) is 43.9. The molecular weight excluding hydrogens is 590 g/mol. The Morgan fingerprint density at radius 3 is 2.05 bits per heavy atom. The van der Waals surface area contributed by atoms with Crippen molar-refractivity contribution >= 4 is 40.4 Å². The van der Waals surface area contributed by atoms with Gasteiger partial charge in [0, 0.05) is 17.3 Å². The van der Waals surface area contributed by atoms with Crippen molar-refractivity contribution in [3.05, 3.63) is 60.3 Å². The lowest BCUT2D eigenvalue weighted by Crippen LogP contribution is -2.44. The number of nitrogens with zero attached hydrogens (tertiary/aromatic N) is 2. The van der Waals surface area contributed by atoms with Crippen LogP contribution in [0, 0.1) is 0 Å². The average Bonchev–Trinajstić information content (AvgIpc) is 2.89. The van der Waals surface area contributed by atoms with E-state index in [4.69, 9.17) is 14.2 Å². The zero-order valence-electron chi connectivity index (χ0n) is 25.1. The predicted octanol–water partition coefficient (Wildman–Crippen LogP) is 7.47. The molecule has 44 heavy (non-hydrogen) atoms. The fraction of sp³-hybridized carbons (Fsp3) is 0.400. The number of carbonyl (C=O) groups is 3. The first-order valence-corrected chi connectivity index (χ1v) is 13.3. The molecule has 1 aromatic heterocycles. The second-order valence-corrected chi connectivity index (χ2v) is 11.5. The van der Waals surface area contributed by atoms with Crippen LogP contribution >= 0.6 is 0 Å². The lowest BCUT2D eigenvalue weighted by Gasteiger charge is -2.28. The Hall–Kier alpha value is -4.62. The number of hydrogen-bond acceptors (Lipinski definition) is 9. The Morgan fingerprint density at radius 2 is 1.50 bits per heavy atom. The number of anilines is 2. The monoisotopic (exact) mass is 623 g/mol. The maximum atomic E-state index is 13.5. The molecule has 0 aliphatic carbocycles. The zero-order valence-corrected chi connectivity index (χ0v) is 25.1. The molecule has 3 rings (SSSR count). The summed E-state index contributed by atoms with van der Waals surface area (Å²) in [5, 5.41) is 3.73. The summed E-state index contributed by atoms with van der Waals surface area (Å²) < 4.78 is 72.2. The van der Waals surface area contributed by atoms with Gasteiger partial charge in [0.05, 0.1) is 7.11 Å². The summed E-state index contributed by atoms with van der Waals surface area (Å²) in [7, 11) is 1.11. The SMILES string of the molecule is COC(=O)C(Nc1ccc2c(N(C(=O)OC(C)(C)C)C(=O)OC(C)(C)C)nccc2c1)c1cccc(OC(F)(F)C(F)F)c1. The fourth-order valence-electron chi connectivity index (χ4n) is 3.81. The first-order chi connectivity index (χ1) is 20.3. The number of nitrogens with one attached hydrogen (secondary N) is 1. The fourth-order valence-corrected chi connectivity index (χ4v) is 3.81. The van der Waals surface area contributed by atoms with Crippen molar-refractivity contribution in [2.75, 3.05) is 17.3 Å². The molecule has 0 saturated carbocycles. The van der Waals surface area contributed by atoms with Gasteiger partial charge in [-0.25, -0.2) is 19.4 Å². The number of alkyl halides is 4. The molecule has 1 heterocycles. The van der Waals surface area contributed by atoms with Crippen LogP contribution in [0.3, 0.4) is 0 Å². The summed E-state index contributed by atoms with van der Waals surface area (Å²) >= 11 is 0. The van der Waals surface area contributed by atoms with E-state index in [1.165, 1.54) is 30.5 Å². The molecule has 0 spiro atoms. The molecule has 1 unspecified atom stereocenters. The number of benzene rings is 2. The predicted molar refractivity (Wildman–Crippen MR) is 153 cm³/mol. The second-order valence-electron chi connectivity index (χ2n) is 11.5. The molecule has 0 saturated heterocycles. The Kier molecular flexibility index (Phi) is 9.96. The van der Waals surface area contributed by atoms with Crippen molar-refractivity contribution in [2.45, 2.75) is 71.3 Å². The van der Waals surface area contributed by atoms with Gasteiger partial charge in [0.25, 0.3) is 0 Å². The highest BCUT2D eigenvalue weighted by atomic mass is 19.3. The summed E-state index contributed by atoms with van der Waals surface area (Å²) in [6.45, 7) is 9.81. The molecule has 2 amide bonds. The number of halogens is 4. The van der Waals surface area contributed by atoms with E-state index in [-0.39, 0.29) is 11.4 Å². The van der Waals surface area contributed by atoms with Crippen LogP contribution in [0.5, 0.6) is 5.75 Å². The number of hydrogen-bond donors (Lipinski definition) is 1. The van der Waals surface area contributed by atoms with Crippen molar-refractivity contribution in [1.82, 2.24) is 4.98 Å². The molecule has 0 aliphatic rings. The van der Waals surface area contributed by atoms with Crippen molar-refractivity contribution in [2.24, 2.45) is 0 Å². The number of amides is 2. The Labute approximate surface area is 251 Å². The van der Waals surface area contributed by atoms with E-state index in [9.17, 15) is 31.9 Å². The van der Waals surface area contributed by atoms with Gasteiger partial charge >= 0.3 is 30.7 Å². The van der Waals surface area contributed by atoms with Crippen molar-refractivity contribution in [1.29, 1.82) is 0 Å². The second kappa shape index (κ2) is 12.9. The Balaban J connectivity index is 2.02. The normalized spacial score (nSPS) is 12.8. The minimum atomic E-state index is -4.75. The van der Waals surface area contributed by atoms with Gasteiger partial charge in [-0.2, -0.15) is 22.5 Å². The molecule has 0 fully saturated rings. The maximum Gasteiger partial charge on any atom is 0.461 e. The van der Waals surface area contributed by atoms with Crippen LogP contribution < -0.4 is 15.0 Å². The minimum Gasteiger partial charge on any atom is -0.467 e. The molecule has 0 aliphatic heterocycles. The number of esters is 1. The number of aromatic nitrogens is 1. The van der Waals surface area contributed by atoms with Crippen LogP contribution in [0.25, 0.3) is 10.8 Å². The summed E-state index contributed by atoms with van der Waals surface area (Å²) in [5.41, 5.74) is -1.48.